The predicted molar refractivity (Wildman–Crippen MR) is 175 cm³/mol. The molecule has 3 aromatic carbocycles. The molecule has 1 saturated heterocycles. The Hall–Kier alpha value is -6.53. The van der Waals surface area contributed by atoms with E-state index in [0.29, 0.717) is 28.2 Å². The van der Waals surface area contributed by atoms with Crippen molar-refractivity contribution in [3.63, 3.8) is 0 Å². The summed E-state index contributed by atoms with van der Waals surface area (Å²) in [4.78, 5) is 66.1. The smallest absolute Gasteiger partial charge is 0.464 e. The number of hydrogen-bond acceptors (Lipinski definition) is 9. The molecule has 2 aromatic heterocycles. The Kier molecular flexibility index (Phi) is 8.50. The highest BCUT2D eigenvalue weighted by molar-refractivity contribution is 6.05. The van der Waals surface area contributed by atoms with Crippen molar-refractivity contribution in [2.24, 2.45) is 16.9 Å². The van der Waals surface area contributed by atoms with Gasteiger partial charge in [0.15, 0.2) is 23.0 Å². The third-order valence-corrected chi connectivity index (χ3v) is 9.32. The van der Waals surface area contributed by atoms with Crippen LogP contribution in [-0.2, 0) is 32.2 Å². The highest BCUT2D eigenvalue weighted by atomic mass is 19.4. The van der Waals surface area contributed by atoms with Crippen LogP contribution in [0, 0.1) is 11.2 Å². The van der Waals surface area contributed by atoms with Gasteiger partial charge in [-0.05, 0) is 37.1 Å². The van der Waals surface area contributed by atoms with E-state index in [9.17, 15) is 37.1 Å². The van der Waals surface area contributed by atoms with Crippen LogP contribution in [-0.4, -0.2) is 79.1 Å². The summed E-state index contributed by atoms with van der Waals surface area (Å²) < 4.78 is 65.5. The van der Waals surface area contributed by atoms with Crippen LogP contribution in [0.3, 0.4) is 0 Å². The van der Waals surface area contributed by atoms with E-state index in [4.69, 9.17) is 16.2 Å². The number of ether oxygens (including phenoxy) is 2. The third kappa shape index (κ3) is 6.56. The maximum Gasteiger partial charge on any atom is 0.573 e. The van der Waals surface area contributed by atoms with Crippen molar-refractivity contribution in [1.82, 2.24) is 24.5 Å². The molecular weight excluding hydrogens is 708 g/mol. The van der Waals surface area contributed by atoms with Gasteiger partial charge >= 0.3 is 12.3 Å². The first kappa shape index (κ1) is 34.9. The minimum atomic E-state index is -5.21. The van der Waals surface area contributed by atoms with E-state index in [1.165, 1.54) is 14.3 Å². The van der Waals surface area contributed by atoms with Gasteiger partial charge in [0.2, 0.25) is 11.8 Å². The number of esters is 1. The van der Waals surface area contributed by atoms with Crippen molar-refractivity contribution < 1.29 is 51.0 Å². The molecule has 5 aromatic rings. The molecule has 4 amide bonds. The highest BCUT2D eigenvalue weighted by Gasteiger charge is 2.68. The van der Waals surface area contributed by atoms with Gasteiger partial charge in [0.1, 0.15) is 19.1 Å². The lowest BCUT2D eigenvalue weighted by Crippen LogP contribution is -2.46. The normalized spacial score (nSPS) is 19.2. The zero-order valence-corrected chi connectivity index (χ0v) is 27.3. The zero-order chi connectivity index (χ0) is 37.8. The molecule has 5 N–H and O–H groups in total. The van der Waals surface area contributed by atoms with Gasteiger partial charge in [-0.3, -0.25) is 33.3 Å². The van der Waals surface area contributed by atoms with Gasteiger partial charge in [-0.2, -0.15) is 10.2 Å². The monoisotopic (exact) mass is 736 g/mol. The number of nitrogens with zero attached hydrogens (tertiary/aromatic N) is 5. The number of aromatic nitrogens is 4. The van der Waals surface area contributed by atoms with E-state index >= 15 is 4.39 Å². The molecule has 3 heterocycles. The van der Waals surface area contributed by atoms with Crippen LogP contribution < -0.4 is 21.5 Å². The molecule has 0 spiro atoms. The van der Waals surface area contributed by atoms with E-state index in [1.54, 1.807) is 48.5 Å². The van der Waals surface area contributed by atoms with E-state index in [-0.39, 0.29) is 24.4 Å². The molecule has 15 nitrogen and oxygen atoms in total. The summed E-state index contributed by atoms with van der Waals surface area (Å²) in [5, 5.41) is 11.5. The van der Waals surface area contributed by atoms with Gasteiger partial charge in [-0.15, -0.1) is 13.2 Å². The summed E-state index contributed by atoms with van der Waals surface area (Å²) in [7, 11) is 0. The number of amides is 4. The lowest BCUT2D eigenvalue weighted by molar-refractivity contribution is -0.275. The van der Waals surface area contributed by atoms with Gasteiger partial charge in [0.25, 0.3) is 11.8 Å². The van der Waals surface area contributed by atoms with Crippen molar-refractivity contribution in [3.05, 3.63) is 83.9 Å². The maximum absolute atomic E-state index is 15.0. The fraction of sp³-hybridized carbons (Fsp3) is 0.265. The van der Waals surface area contributed by atoms with Gasteiger partial charge in [-0.25, -0.2) is 4.39 Å². The number of primary amides is 2. The fourth-order valence-electron chi connectivity index (χ4n) is 6.91. The van der Waals surface area contributed by atoms with Crippen LogP contribution in [0.4, 0.5) is 23.2 Å². The lowest BCUT2D eigenvalue weighted by atomic mass is 10.00. The minimum absolute atomic E-state index is 0.0343. The Morgan fingerprint density at radius 3 is 2.00 bits per heavy atom. The number of carbonyl (C=O) groups is 5. The number of benzene rings is 3. The Labute approximate surface area is 295 Å². The number of alkyl halides is 3. The fourth-order valence-corrected chi connectivity index (χ4v) is 6.91. The maximum atomic E-state index is 15.0. The summed E-state index contributed by atoms with van der Waals surface area (Å²) in [6.45, 7) is -1.10. The molecule has 0 bridgehead atoms. The van der Waals surface area contributed by atoms with Crippen LogP contribution in [0.25, 0.3) is 21.8 Å². The molecule has 1 aliphatic carbocycles. The summed E-state index contributed by atoms with van der Waals surface area (Å²) in [5.74, 6) is -6.60. The van der Waals surface area contributed by atoms with Crippen LogP contribution in [0.2, 0.25) is 0 Å². The molecule has 1 saturated carbocycles. The second kappa shape index (κ2) is 12.9. The summed E-state index contributed by atoms with van der Waals surface area (Å²) in [6, 6.07) is 14.0. The van der Waals surface area contributed by atoms with Crippen LogP contribution in [0.5, 0.6) is 5.75 Å². The second-order valence-electron chi connectivity index (χ2n) is 12.7. The van der Waals surface area contributed by atoms with Crippen LogP contribution in [0.1, 0.15) is 33.8 Å². The summed E-state index contributed by atoms with van der Waals surface area (Å²) in [5.41, 5.74) is 10.1. The second-order valence-corrected chi connectivity index (χ2v) is 12.7. The quantitative estimate of drug-likeness (QED) is 0.134. The molecule has 19 heteroatoms. The molecule has 0 radical (unpaired) electrons. The summed E-state index contributed by atoms with van der Waals surface area (Å²) in [6.07, 6.45) is -4.96. The van der Waals surface area contributed by atoms with Crippen LogP contribution in [0.15, 0.2) is 66.7 Å². The Balaban J connectivity index is 1.13. The van der Waals surface area contributed by atoms with Gasteiger partial charge in [0.05, 0.1) is 23.3 Å². The number of halogens is 4. The number of carbonyl (C=O) groups excluding carboxylic acids is 5. The van der Waals surface area contributed by atoms with E-state index in [2.05, 4.69) is 20.3 Å². The zero-order valence-electron chi connectivity index (χ0n) is 27.3. The van der Waals surface area contributed by atoms with E-state index < -0.39 is 83.8 Å². The summed E-state index contributed by atoms with van der Waals surface area (Å²) >= 11 is 0. The van der Waals surface area contributed by atoms with Crippen molar-refractivity contribution in [3.8, 4) is 5.75 Å². The third-order valence-electron chi connectivity index (χ3n) is 9.32. The van der Waals surface area contributed by atoms with Crippen molar-refractivity contribution in [1.29, 1.82) is 0 Å². The number of nitrogens with two attached hydrogens (primary N) is 2. The Morgan fingerprint density at radius 2 is 1.42 bits per heavy atom. The standard InChI is InChI=1S/C34H28F4N8O7/c35-27-19(8-5-11-23(27)53-34(36,37)38)41-32(51)22-12-33(16-52-26(48)15-45-21-10-4-2-7-18(21)29(43-45)31(40)50)13-24(33)46(22)25(47)14-44-20-9-3-1-6-17(20)28(42-44)30(39)49/h1-11,22,24H,12-16H2,(H2,39,49)(H2,40,50)(H,41,51)/t22-,24+,33-/m0/s1. The molecule has 1 aliphatic heterocycles. The number of rotatable bonds is 11. The Bertz CT molecular complexity index is 2340. The molecular formula is C34H28F4N8O7. The first-order valence-corrected chi connectivity index (χ1v) is 16.0. The number of likely N-dealkylation sites (tertiary alicyclic amines) is 1. The van der Waals surface area contributed by atoms with Crippen molar-refractivity contribution in [2.75, 3.05) is 11.9 Å². The van der Waals surface area contributed by atoms with Crippen molar-refractivity contribution >= 4 is 57.1 Å². The number of fused-ring (bicyclic) bond motifs is 3. The molecule has 53 heavy (non-hydrogen) atoms. The first-order chi connectivity index (χ1) is 25.2. The molecule has 2 aliphatic rings. The number of anilines is 1. The minimum Gasteiger partial charge on any atom is -0.464 e. The van der Waals surface area contributed by atoms with Gasteiger partial charge in [0, 0.05) is 22.2 Å². The molecule has 0 unspecified atom stereocenters. The number of nitrogens with one attached hydrogen (secondary N) is 1. The predicted octanol–water partition coefficient (Wildman–Crippen LogP) is 2.86. The average Bonchev–Trinajstić information content (AvgIpc) is 3.35. The highest BCUT2D eigenvalue weighted by Crippen LogP contribution is 2.60. The molecule has 2 fully saturated rings. The van der Waals surface area contributed by atoms with E-state index in [1.807, 2.05) is 0 Å². The van der Waals surface area contributed by atoms with E-state index in [0.717, 1.165) is 18.2 Å². The molecule has 274 valence electrons. The number of hydrogen-bond donors (Lipinski definition) is 3. The van der Waals surface area contributed by atoms with Gasteiger partial charge < -0.3 is 31.2 Å². The SMILES string of the molecule is NC(=O)c1nn(CC(=O)OC[C@@]23C[C@@H](C(=O)Nc4cccc(OC(F)(F)F)c4F)N(C(=O)Cn4nc(C(N)=O)c5ccccc54)[C@@H]2C3)c2ccccc12. The van der Waals surface area contributed by atoms with Crippen molar-refractivity contribution in [2.45, 2.75) is 44.4 Å². The average molecular weight is 737 g/mol. The van der Waals surface area contributed by atoms with Crippen LogP contribution >= 0.6 is 0 Å². The number of piperidine rings is 1. The first-order valence-electron chi connectivity index (χ1n) is 16.0. The molecule has 7 rings (SSSR count). The van der Waals surface area contributed by atoms with Gasteiger partial charge in [-0.1, -0.05) is 42.5 Å². The lowest BCUT2D eigenvalue weighted by Gasteiger charge is -2.27. The Morgan fingerprint density at radius 1 is 0.830 bits per heavy atom. The topological polar surface area (TPSA) is 207 Å². The number of para-hydroxylation sites is 2. The largest absolute Gasteiger partial charge is 0.573 e. The molecule has 3 atom stereocenters.